The summed E-state index contributed by atoms with van der Waals surface area (Å²) in [7, 11) is 0. The summed E-state index contributed by atoms with van der Waals surface area (Å²) in [5.74, 6) is -0.893. The van der Waals surface area contributed by atoms with Crippen LogP contribution in [-0.4, -0.2) is 47.1 Å². The van der Waals surface area contributed by atoms with E-state index in [0.717, 1.165) is 24.0 Å². The molecule has 0 aliphatic heterocycles. The third-order valence-electron chi connectivity index (χ3n) is 3.31. The van der Waals surface area contributed by atoms with Gasteiger partial charge in [-0.1, -0.05) is 24.3 Å². The number of carbonyl (C=O) groups is 1. The number of nitrogens with one attached hydrogen (secondary N) is 1. The van der Waals surface area contributed by atoms with Crippen LogP contribution in [0.15, 0.2) is 24.3 Å². The van der Waals surface area contributed by atoms with Gasteiger partial charge in [-0.25, -0.2) is 0 Å². The fraction of sp³-hybridized carbons (Fsp3) is 0.462. The van der Waals surface area contributed by atoms with Gasteiger partial charge >= 0.3 is 5.97 Å². The smallest absolute Gasteiger partial charge is 0.320 e. The molecule has 0 saturated carbocycles. The molecule has 1 aliphatic carbocycles. The number of aliphatic hydroxyl groups is 1. The Balaban J connectivity index is 0.00000162. The van der Waals surface area contributed by atoms with Crippen molar-refractivity contribution >= 4 is 24.8 Å². The van der Waals surface area contributed by atoms with Gasteiger partial charge in [-0.3, -0.25) is 10.1 Å². The van der Waals surface area contributed by atoms with Crippen LogP contribution in [0, 0.1) is 0 Å². The van der Waals surface area contributed by atoms with Gasteiger partial charge in [-0.15, -0.1) is 0 Å². The topological polar surface area (TPSA) is 69.6 Å². The Kier molecular flexibility index (Phi) is 5.42. The molecule has 1 aromatic rings. The maximum absolute atomic E-state index is 10.8. The molecule has 2 unspecified atom stereocenters. The number of aryl methyl sites for hydroxylation is 1. The molecule has 0 spiro atoms. The molecule has 0 heterocycles. The summed E-state index contributed by atoms with van der Waals surface area (Å²) < 4.78 is 0. The van der Waals surface area contributed by atoms with Gasteiger partial charge < -0.3 is 10.2 Å². The third-order valence-corrected chi connectivity index (χ3v) is 3.31. The number of hydrogen-bond acceptors (Lipinski definition) is 3. The first-order valence-corrected chi connectivity index (χ1v) is 5.84. The van der Waals surface area contributed by atoms with Gasteiger partial charge in [0.25, 0.3) is 0 Å². The van der Waals surface area contributed by atoms with E-state index >= 15 is 0 Å². The van der Waals surface area contributed by atoms with E-state index in [0.29, 0.717) is 0 Å². The van der Waals surface area contributed by atoms with Gasteiger partial charge in [-0.2, -0.15) is 0 Å². The van der Waals surface area contributed by atoms with Crippen molar-refractivity contribution in [2.45, 2.75) is 38.0 Å². The maximum Gasteiger partial charge on any atom is 0.320 e. The van der Waals surface area contributed by atoms with Crippen molar-refractivity contribution in [3.05, 3.63) is 35.4 Å². The van der Waals surface area contributed by atoms with Gasteiger partial charge in [0.15, 0.2) is 0 Å². The maximum atomic E-state index is 10.8. The monoisotopic (exact) mass is 242 g/mol. The molecule has 93 valence electrons. The summed E-state index contributed by atoms with van der Waals surface area (Å²) in [4.78, 5) is 10.8. The molecule has 1 aromatic carbocycles. The molecule has 18 heavy (non-hydrogen) atoms. The van der Waals surface area contributed by atoms with Crippen molar-refractivity contribution in [1.29, 1.82) is 0 Å². The number of carboxylic acids is 1. The Bertz CT molecular complexity index is 424. The molecule has 3 atom stereocenters. The number of rotatable bonds is 3. The van der Waals surface area contributed by atoms with Gasteiger partial charge in [0.2, 0.25) is 0 Å². The summed E-state index contributed by atoms with van der Waals surface area (Å²) in [6.45, 7) is 1.59. The van der Waals surface area contributed by atoms with Crippen LogP contribution >= 0.6 is 0 Å². The first kappa shape index (κ1) is 15.3. The first-order valence-electron chi connectivity index (χ1n) is 5.84. The van der Waals surface area contributed by atoms with E-state index in [1.807, 2.05) is 24.3 Å². The van der Waals surface area contributed by atoms with Gasteiger partial charge in [0, 0.05) is 24.9 Å². The molecule has 1 aliphatic rings. The van der Waals surface area contributed by atoms with E-state index in [2.05, 4.69) is 5.32 Å². The van der Waals surface area contributed by atoms with Crippen molar-refractivity contribution in [3.63, 3.8) is 0 Å². The van der Waals surface area contributed by atoms with Gasteiger partial charge in [0.1, 0.15) is 6.04 Å². The molecule has 0 saturated heterocycles. The quantitative estimate of drug-likeness (QED) is 0.683. The zero-order valence-electron chi connectivity index (χ0n) is 10.8. The fourth-order valence-corrected chi connectivity index (χ4v) is 2.30. The zero-order valence-corrected chi connectivity index (χ0v) is 10.8. The molecule has 4 nitrogen and oxygen atoms in total. The number of hydrogen-bond donors (Lipinski definition) is 3. The summed E-state index contributed by atoms with van der Waals surface area (Å²) in [5, 5.41) is 22.0. The van der Waals surface area contributed by atoms with E-state index < -0.39 is 18.1 Å². The summed E-state index contributed by atoms with van der Waals surface area (Å²) >= 11 is 0. The van der Waals surface area contributed by atoms with Crippen LogP contribution < -0.4 is 5.32 Å². The van der Waals surface area contributed by atoms with Crippen LogP contribution in [0.2, 0.25) is 0 Å². The second-order valence-electron chi connectivity index (χ2n) is 4.52. The minimum absolute atomic E-state index is 0. The minimum Gasteiger partial charge on any atom is -0.480 e. The number of fused-ring (bicyclic) bond motifs is 1. The van der Waals surface area contributed by atoms with Crippen LogP contribution in [0.4, 0.5) is 0 Å². The van der Waals surface area contributed by atoms with Crippen molar-refractivity contribution in [3.8, 4) is 0 Å². The SMILES string of the molecule is C[C@H](NC1CCc2ccccc2C1O)C(=O)O.[Li]. The molecule has 2 rings (SSSR count). The van der Waals surface area contributed by atoms with E-state index in [1.165, 1.54) is 0 Å². The Labute approximate surface area is 119 Å². The Morgan fingerprint density at radius 2 is 2.11 bits per heavy atom. The van der Waals surface area contributed by atoms with Gasteiger partial charge in [0.05, 0.1) is 6.10 Å². The second kappa shape index (κ2) is 6.40. The van der Waals surface area contributed by atoms with Crippen LogP contribution in [0.3, 0.4) is 0 Å². The zero-order chi connectivity index (χ0) is 12.4. The summed E-state index contributed by atoms with van der Waals surface area (Å²) in [6.07, 6.45) is 1.01. The van der Waals surface area contributed by atoms with Crippen LogP contribution in [0.5, 0.6) is 0 Å². The molecule has 0 fully saturated rings. The fourth-order valence-electron chi connectivity index (χ4n) is 2.30. The standard InChI is InChI=1S/C13H17NO3.Li/c1-8(13(16)17)14-11-7-6-9-4-2-3-5-10(9)12(11)15;/h2-5,8,11-12,14-15H,6-7H2,1H3,(H,16,17);/t8-,11?,12?;/m0./s1. The summed E-state index contributed by atoms with van der Waals surface area (Å²) in [6, 6.07) is 6.94. The third kappa shape index (κ3) is 3.15. The van der Waals surface area contributed by atoms with Crippen LogP contribution in [0.1, 0.15) is 30.6 Å². The van der Waals surface area contributed by atoms with E-state index in [9.17, 15) is 9.90 Å². The average molecular weight is 242 g/mol. The Hall–Kier alpha value is -0.793. The number of aliphatic carboxylic acids is 1. The molecule has 0 bridgehead atoms. The van der Waals surface area contributed by atoms with Gasteiger partial charge in [-0.05, 0) is 30.9 Å². The Morgan fingerprint density at radius 1 is 1.44 bits per heavy atom. The van der Waals surface area contributed by atoms with Crippen LogP contribution in [0.25, 0.3) is 0 Å². The van der Waals surface area contributed by atoms with Crippen molar-refractivity contribution < 1.29 is 15.0 Å². The predicted octanol–water partition coefficient (Wildman–Crippen LogP) is 0.717. The predicted molar refractivity (Wildman–Crippen MR) is 69.5 cm³/mol. The normalized spacial score (nSPS) is 23.7. The van der Waals surface area contributed by atoms with E-state index in [-0.39, 0.29) is 24.9 Å². The molecule has 5 heteroatoms. The molecular weight excluding hydrogens is 225 g/mol. The molecule has 0 amide bonds. The molecule has 0 aromatic heterocycles. The van der Waals surface area contributed by atoms with E-state index in [1.54, 1.807) is 6.92 Å². The van der Waals surface area contributed by atoms with Crippen molar-refractivity contribution in [2.75, 3.05) is 0 Å². The molecule has 1 radical (unpaired) electrons. The molecule has 3 N–H and O–H groups in total. The van der Waals surface area contributed by atoms with E-state index in [4.69, 9.17) is 5.11 Å². The number of benzene rings is 1. The number of carboxylic acid groups (broad SMARTS) is 1. The van der Waals surface area contributed by atoms with Crippen LogP contribution in [-0.2, 0) is 11.2 Å². The molecular formula is C13H17LiNO3. The largest absolute Gasteiger partial charge is 0.480 e. The number of aliphatic hydroxyl groups excluding tert-OH is 1. The first-order chi connectivity index (χ1) is 8.09. The average Bonchev–Trinajstić information content (AvgIpc) is 2.33. The van der Waals surface area contributed by atoms with Crippen molar-refractivity contribution in [2.24, 2.45) is 0 Å². The second-order valence-corrected chi connectivity index (χ2v) is 4.52. The Morgan fingerprint density at radius 3 is 2.78 bits per heavy atom. The minimum atomic E-state index is -0.893. The van der Waals surface area contributed by atoms with Crippen molar-refractivity contribution in [1.82, 2.24) is 5.32 Å². The summed E-state index contributed by atoms with van der Waals surface area (Å²) in [5.41, 5.74) is 2.06.